The highest BCUT2D eigenvalue weighted by Crippen LogP contribution is 2.31. The number of hydrogen-bond donors (Lipinski definition) is 2. The number of piperidine rings is 1. The number of urea groups is 1. The van der Waals surface area contributed by atoms with E-state index in [0.717, 1.165) is 71.7 Å². The lowest BCUT2D eigenvalue weighted by molar-refractivity contribution is 0.166. The molecule has 200 valence electrons. The summed E-state index contributed by atoms with van der Waals surface area (Å²) < 4.78 is 0. The van der Waals surface area contributed by atoms with E-state index in [9.17, 15) is 4.79 Å². The minimum Gasteiger partial charge on any atom is -0.338 e. The highest BCUT2D eigenvalue weighted by Gasteiger charge is 2.21. The van der Waals surface area contributed by atoms with Crippen molar-refractivity contribution in [3.8, 4) is 22.5 Å². The van der Waals surface area contributed by atoms with Crippen molar-refractivity contribution >= 4 is 22.8 Å². The third kappa shape index (κ3) is 6.19. The van der Waals surface area contributed by atoms with Gasteiger partial charge in [-0.05, 0) is 55.1 Å². The van der Waals surface area contributed by atoms with Crippen LogP contribution in [0, 0.1) is 5.92 Å². The number of benzene rings is 4. The van der Waals surface area contributed by atoms with E-state index < -0.39 is 0 Å². The first-order chi connectivity index (χ1) is 19.7. The second-order valence-electron chi connectivity index (χ2n) is 10.4. The van der Waals surface area contributed by atoms with Gasteiger partial charge in [-0.15, -0.1) is 0 Å². The van der Waals surface area contributed by atoms with Crippen LogP contribution in [0.1, 0.15) is 18.4 Å². The smallest absolute Gasteiger partial charge is 0.319 e. The normalized spacial score (nSPS) is 15.6. The van der Waals surface area contributed by atoms with Crippen molar-refractivity contribution in [1.29, 1.82) is 0 Å². The zero-order chi connectivity index (χ0) is 27.1. The van der Waals surface area contributed by atoms with E-state index in [4.69, 9.17) is 9.97 Å². The van der Waals surface area contributed by atoms with E-state index in [1.165, 1.54) is 5.56 Å². The Morgan fingerprint density at radius 1 is 0.750 bits per heavy atom. The molecule has 1 unspecified atom stereocenters. The minimum atomic E-state index is -0.148. The van der Waals surface area contributed by atoms with E-state index in [1.54, 1.807) is 0 Å². The molecule has 2 heterocycles. The Kier molecular flexibility index (Phi) is 7.78. The SMILES string of the molecule is O=C(NCC1CCCN(Cc2ccc(-c3nc4ccccc4nc3-c3ccccc3)cc2)C1)Nc1ccccc1. The number of amides is 2. The Morgan fingerprint density at radius 3 is 2.02 bits per heavy atom. The molecular formula is C34H33N5O. The Morgan fingerprint density at radius 2 is 1.35 bits per heavy atom. The van der Waals surface area contributed by atoms with Crippen LogP contribution in [0.15, 0.2) is 109 Å². The van der Waals surface area contributed by atoms with Gasteiger partial charge in [-0.2, -0.15) is 0 Å². The molecule has 40 heavy (non-hydrogen) atoms. The molecule has 1 fully saturated rings. The maximum Gasteiger partial charge on any atom is 0.319 e. The predicted molar refractivity (Wildman–Crippen MR) is 162 cm³/mol. The molecule has 4 aromatic carbocycles. The second-order valence-corrected chi connectivity index (χ2v) is 10.4. The largest absolute Gasteiger partial charge is 0.338 e. The number of likely N-dealkylation sites (tertiary alicyclic amines) is 1. The number of rotatable bonds is 7. The number of fused-ring (bicyclic) bond motifs is 1. The van der Waals surface area contributed by atoms with Crippen molar-refractivity contribution in [2.24, 2.45) is 5.92 Å². The van der Waals surface area contributed by atoms with Gasteiger partial charge < -0.3 is 10.6 Å². The van der Waals surface area contributed by atoms with Crippen LogP contribution in [0.25, 0.3) is 33.5 Å². The van der Waals surface area contributed by atoms with Gasteiger partial charge in [0, 0.05) is 36.4 Å². The number of hydrogen-bond acceptors (Lipinski definition) is 4. The van der Waals surface area contributed by atoms with Crippen LogP contribution in [0.5, 0.6) is 0 Å². The molecule has 0 aliphatic carbocycles. The lowest BCUT2D eigenvalue weighted by Gasteiger charge is -2.32. The van der Waals surface area contributed by atoms with Crippen LogP contribution in [0.4, 0.5) is 10.5 Å². The van der Waals surface area contributed by atoms with E-state index in [2.05, 4.69) is 51.9 Å². The topological polar surface area (TPSA) is 70.2 Å². The van der Waals surface area contributed by atoms with Gasteiger partial charge in [0.2, 0.25) is 0 Å². The number of anilines is 1. The summed E-state index contributed by atoms with van der Waals surface area (Å²) in [5.74, 6) is 0.441. The lowest BCUT2D eigenvalue weighted by Crippen LogP contribution is -2.41. The second kappa shape index (κ2) is 12.1. The summed E-state index contributed by atoms with van der Waals surface area (Å²) in [5.41, 5.74) is 7.79. The number of carbonyl (C=O) groups is 1. The fourth-order valence-corrected chi connectivity index (χ4v) is 5.42. The van der Waals surface area contributed by atoms with Gasteiger partial charge in [-0.25, -0.2) is 14.8 Å². The molecule has 0 bridgehead atoms. The molecule has 1 aliphatic heterocycles. The Balaban J connectivity index is 1.12. The van der Waals surface area contributed by atoms with Gasteiger partial charge >= 0.3 is 6.03 Å². The summed E-state index contributed by atoms with van der Waals surface area (Å²) in [6.07, 6.45) is 2.27. The van der Waals surface area contributed by atoms with E-state index in [0.29, 0.717) is 12.5 Å². The molecule has 2 N–H and O–H groups in total. The minimum absolute atomic E-state index is 0.148. The number of carbonyl (C=O) groups excluding carboxylic acids is 1. The number of nitrogens with zero attached hydrogens (tertiary/aromatic N) is 3. The van der Waals surface area contributed by atoms with Crippen LogP contribution < -0.4 is 10.6 Å². The van der Waals surface area contributed by atoms with Crippen LogP contribution in [-0.4, -0.2) is 40.5 Å². The summed E-state index contributed by atoms with van der Waals surface area (Å²) in [4.78, 5) is 24.8. The third-order valence-electron chi connectivity index (χ3n) is 7.44. The van der Waals surface area contributed by atoms with Crippen molar-refractivity contribution in [3.05, 3.63) is 115 Å². The Labute approximate surface area is 235 Å². The molecule has 2 amide bonds. The summed E-state index contributed by atoms with van der Waals surface area (Å²) in [5, 5.41) is 5.95. The molecule has 5 aromatic rings. The average molecular weight is 528 g/mol. The summed E-state index contributed by atoms with van der Waals surface area (Å²) >= 11 is 0. The first kappa shape index (κ1) is 25.7. The quantitative estimate of drug-likeness (QED) is 0.239. The molecule has 6 heteroatoms. The molecule has 0 spiro atoms. The predicted octanol–water partition coefficient (Wildman–Crippen LogP) is 7.00. The summed E-state index contributed by atoms with van der Waals surface area (Å²) in [6, 6.07) is 36.4. The summed E-state index contributed by atoms with van der Waals surface area (Å²) in [6.45, 7) is 3.61. The Bertz CT molecular complexity index is 1570. The van der Waals surface area contributed by atoms with Gasteiger partial charge in [0.15, 0.2) is 0 Å². The Hall–Kier alpha value is -4.55. The standard InChI is InChI=1S/C34H33N5O/c40-34(36-29-13-5-2-6-14-29)35-22-26-10-9-21-39(24-26)23-25-17-19-28(20-18-25)33-32(27-11-3-1-4-12-27)37-30-15-7-8-16-31(30)38-33/h1-8,11-20,26H,9-10,21-24H2,(H2,35,36,40). The van der Waals surface area contributed by atoms with Gasteiger partial charge in [0.1, 0.15) is 0 Å². The monoisotopic (exact) mass is 527 g/mol. The van der Waals surface area contributed by atoms with Gasteiger partial charge in [-0.1, -0.05) is 84.9 Å². The maximum atomic E-state index is 12.3. The van der Waals surface area contributed by atoms with Crippen LogP contribution in [0.2, 0.25) is 0 Å². The zero-order valence-corrected chi connectivity index (χ0v) is 22.5. The number of aromatic nitrogens is 2. The van der Waals surface area contributed by atoms with Crippen LogP contribution in [-0.2, 0) is 6.54 Å². The van der Waals surface area contributed by atoms with E-state index >= 15 is 0 Å². The summed E-state index contributed by atoms with van der Waals surface area (Å²) in [7, 11) is 0. The van der Waals surface area contributed by atoms with Gasteiger partial charge in [0.25, 0.3) is 0 Å². The molecule has 6 nitrogen and oxygen atoms in total. The van der Waals surface area contributed by atoms with E-state index in [-0.39, 0.29) is 6.03 Å². The zero-order valence-electron chi connectivity index (χ0n) is 22.5. The molecular weight excluding hydrogens is 494 g/mol. The first-order valence-corrected chi connectivity index (χ1v) is 13.9. The van der Waals surface area contributed by atoms with Crippen molar-refractivity contribution < 1.29 is 4.79 Å². The lowest BCUT2D eigenvalue weighted by atomic mass is 9.97. The molecule has 0 radical (unpaired) electrons. The molecule has 1 aromatic heterocycles. The van der Waals surface area contributed by atoms with E-state index in [1.807, 2.05) is 72.8 Å². The third-order valence-corrected chi connectivity index (χ3v) is 7.44. The molecule has 1 aliphatic rings. The van der Waals surface area contributed by atoms with Gasteiger partial charge in [-0.3, -0.25) is 4.90 Å². The van der Waals surface area contributed by atoms with Crippen LogP contribution in [0.3, 0.4) is 0 Å². The molecule has 6 rings (SSSR count). The first-order valence-electron chi connectivity index (χ1n) is 13.9. The van der Waals surface area contributed by atoms with Crippen molar-refractivity contribution in [1.82, 2.24) is 20.2 Å². The number of nitrogens with one attached hydrogen (secondary N) is 2. The fraction of sp³-hybridized carbons (Fsp3) is 0.206. The van der Waals surface area contributed by atoms with Crippen LogP contribution >= 0.6 is 0 Å². The molecule has 1 saturated heterocycles. The molecule has 0 saturated carbocycles. The molecule has 1 atom stereocenters. The maximum absolute atomic E-state index is 12.3. The highest BCUT2D eigenvalue weighted by atomic mass is 16.2. The van der Waals surface area contributed by atoms with Crippen molar-refractivity contribution in [2.75, 3.05) is 25.0 Å². The van der Waals surface area contributed by atoms with Crippen molar-refractivity contribution in [2.45, 2.75) is 19.4 Å². The van der Waals surface area contributed by atoms with Crippen molar-refractivity contribution in [3.63, 3.8) is 0 Å². The number of para-hydroxylation sites is 3. The fourth-order valence-electron chi connectivity index (χ4n) is 5.42. The highest BCUT2D eigenvalue weighted by molar-refractivity contribution is 5.89. The van der Waals surface area contributed by atoms with Gasteiger partial charge in [0.05, 0.1) is 22.4 Å². The average Bonchev–Trinajstić information content (AvgIpc) is 3.01.